The lowest BCUT2D eigenvalue weighted by atomic mass is 10.0. The fourth-order valence-corrected chi connectivity index (χ4v) is 8.51. The Bertz CT molecular complexity index is 3300. The summed E-state index contributed by atoms with van der Waals surface area (Å²) < 4.78 is 11.0. The van der Waals surface area contributed by atoms with Crippen molar-refractivity contribution >= 4 is 76.1 Å². The number of para-hydroxylation sites is 3. The molecule has 8 aromatic carbocycles. The molecule has 1 aliphatic heterocycles. The van der Waals surface area contributed by atoms with Crippen LogP contribution in [-0.4, -0.2) is 19.1 Å². The summed E-state index contributed by atoms with van der Waals surface area (Å²) in [5.41, 5.74) is 8.30. The first kappa shape index (κ1) is 26.9. The average molecular weight is 651 g/mol. The van der Waals surface area contributed by atoms with E-state index in [4.69, 9.17) is 14.7 Å². The van der Waals surface area contributed by atoms with E-state index in [-0.39, 0.29) is 0 Å². The minimum Gasteiger partial charge on any atom is -0.456 e. The van der Waals surface area contributed by atoms with E-state index in [0.717, 1.165) is 55.8 Å². The van der Waals surface area contributed by atoms with Gasteiger partial charge in [0.25, 0.3) is 0 Å². The number of aromatic nitrogens is 4. The van der Waals surface area contributed by atoms with Gasteiger partial charge in [0.05, 0.1) is 38.7 Å². The van der Waals surface area contributed by atoms with Crippen molar-refractivity contribution < 1.29 is 4.74 Å². The van der Waals surface area contributed by atoms with Gasteiger partial charge in [0.1, 0.15) is 11.5 Å². The van der Waals surface area contributed by atoms with Crippen LogP contribution >= 0.6 is 0 Å². The molecule has 1 aliphatic rings. The van der Waals surface area contributed by atoms with Gasteiger partial charge in [0, 0.05) is 32.8 Å². The first-order valence-corrected chi connectivity index (χ1v) is 17.3. The first-order valence-electron chi connectivity index (χ1n) is 17.3. The van der Waals surface area contributed by atoms with Gasteiger partial charge in [-0.15, -0.1) is 0 Å². The van der Waals surface area contributed by atoms with Crippen LogP contribution in [0.4, 0.5) is 0 Å². The summed E-state index contributed by atoms with van der Waals surface area (Å²) >= 11 is 0. The summed E-state index contributed by atoms with van der Waals surface area (Å²) in [6.07, 6.45) is 0. The largest absolute Gasteiger partial charge is 0.456 e. The van der Waals surface area contributed by atoms with E-state index in [1.165, 1.54) is 48.7 Å². The molecule has 0 aliphatic carbocycles. The summed E-state index contributed by atoms with van der Waals surface area (Å²) in [6.45, 7) is 0. The second-order valence-electron chi connectivity index (χ2n) is 13.4. The standard InChI is InChI=1S/C46H26N4O/c1-2-11-30-27(10-1)20-21-28-22-23-29(26-35(28)30)49-37-16-6-3-12-31(37)32-24-25-39-42(45(32)49)33-13-4-7-17-38(33)50(39)46-47-36-15-9-19-41-43(36)44(48-46)34-14-5-8-18-40(34)51-41/h1-26H. The van der Waals surface area contributed by atoms with Gasteiger partial charge < -0.3 is 9.30 Å². The van der Waals surface area contributed by atoms with Crippen molar-refractivity contribution in [1.29, 1.82) is 0 Å². The fraction of sp³-hybridized carbons (Fsp3) is 0. The van der Waals surface area contributed by atoms with Crippen LogP contribution in [0.25, 0.3) is 99.0 Å². The number of hydrogen-bond donors (Lipinski definition) is 0. The van der Waals surface area contributed by atoms with E-state index >= 15 is 0 Å². The van der Waals surface area contributed by atoms with Crippen molar-refractivity contribution in [2.45, 2.75) is 0 Å². The van der Waals surface area contributed by atoms with E-state index in [1.807, 2.05) is 30.3 Å². The molecule has 0 saturated carbocycles. The predicted molar refractivity (Wildman–Crippen MR) is 209 cm³/mol. The molecule has 0 radical (unpaired) electrons. The molecular formula is C46H26N4O. The number of hydrogen-bond acceptors (Lipinski definition) is 3. The smallest absolute Gasteiger partial charge is 0.235 e. The van der Waals surface area contributed by atoms with E-state index < -0.39 is 0 Å². The molecule has 5 heteroatoms. The lowest BCUT2D eigenvalue weighted by Gasteiger charge is -2.20. The molecule has 4 heterocycles. The Balaban J connectivity index is 1.22. The minimum absolute atomic E-state index is 0.636. The molecule has 0 atom stereocenters. The molecule has 0 bridgehead atoms. The summed E-state index contributed by atoms with van der Waals surface area (Å²) in [5.74, 6) is 2.22. The van der Waals surface area contributed by atoms with Crippen molar-refractivity contribution in [1.82, 2.24) is 19.1 Å². The number of benzene rings is 8. The number of rotatable bonds is 2. The topological polar surface area (TPSA) is 44.9 Å². The zero-order valence-electron chi connectivity index (χ0n) is 27.2. The molecule has 51 heavy (non-hydrogen) atoms. The Morgan fingerprint density at radius 1 is 0.431 bits per heavy atom. The van der Waals surface area contributed by atoms with Gasteiger partial charge in [0.2, 0.25) is 5.95 Å². The molecule has 12 rings (SSSR count). The maximum Gasteiger partial charge on any atom is 0.235 e. The third-order valence-corrected chi connectivity index (χ3v) is 10.7. The Morgan fingerprint density at radius 3 is 2.04 bits per heavy atom. The number of ether oxygens (including phenoxy) is 1. The highest BCUT2D eigenvalue weighted by molar-refractivity contribution is 6.26. The van der Waals surface area contributed by atoms with Crippen molar-refractivity contribution in [3.8, 4) is 34.4 Å². The molecule has 0 amide bonds. The molecule has 236 valence electrons. The van der Waals surface area contributed by atoms with Crippen LogP contribution in [0.1, 0.15) is 0 Å². The molecule has 0 unspecified atom stereocenters. The van der Waals surface area contributed by atoms with Crippen LogP contribution in [0.5, 0.6) is 11.5 Å². The highest BCUT2D eigenvalue weighted by Crippen LogP contribution is 2.46. The molecule has 0 saturated heterocycles. The van der Waals surface area contributed by atoms with E-state index in [0.29, 0.717) is 5.95 Å². The Labute approximate surface area is 291 Å². The number of nitrogens with zero attached hydrogens (tertiary/aromatic N) is 4. The first-order chi connectivity index (χ1) is 25.3. The molecule has 0 N–H and O–H groups in total. The third kappa shape index (κ3) is 3.59. The normalized spacial score (nSPS) is 12.5. The van der Waals surface area contributed by atoms with Crippen molar-refractivity contribution in [2.75, 3.05) is 0 Å². The van der Waals surface area contributed by atoms with Crippen LogP contribution in [-0.2, 0) is 0 Å². The average Bonchev–Trinajstić information content (AvgIpc) is 3.71. The van der Waals surface area contributed by atoms with Gasteiger partial charge in [-0.05, 0) is 76.1 Å². The molecule has 3 aromatic heterocycles. The molecule has 5 nitrogen and oxygen atoms in total. The minimum atomic E-state index is 0.636. The van der Waals surface area contributed by atoms with E-state index in [1.54, 1.807) is 0 Å². The zero-order chi connectivity index (χ0) is 33.2. The monoisotopic (exact) mass is 650 g/mol. The van der Waals surface area contributed by atoms with Gasteiger partial charge >= 0.3 is 0 Å². The van der Waals surface area contributed by atoms with Gasteiger partial charge in [-0.3, -0.25) is 4.57 Å². The third-order valence-electron chi connectivity index (χ3n) is 10.7. The maximum atomic E-state index is 6.31. The highest BCUT2D eigenvalue weighted by Gasteiger charge is 2.26. The number of fused-ring (bicyclic) bond motifs is 12. The van der Waals surface area contributed by atoms with Crippen molar-refractivity contribution in [3.05, 3.63) is 158 Å². The summed E-state index contributed by atoms with van der Waals surface area (Å²) in [6, 6.07) is 56.1. The van der Waals surface area contributed by atoms with Crippen LogP contribution < -0.4 is 4.74 Å². The van der Waals surface area contributed by atoms with Gasteiger partial charge in [-0.2, -0.15) is 0 Å². The Kier molecular flexibility index (Phi) is 5.17. The lowest BCUT2D eigenvalue weighted by Crippen LogP contribution is -2.06. The van der Waals surface area contributed by atoms with Crippen LogP contribution in [0.15, 0.2) is 158 Å². The van der Waals surface area contributed by atoms with Crippen molar-refractivity contribution in [3.63, 3.8) is 0 Å². The van der Waals surface area contributed by atoms with E-state index in [9.17, 15) is 0 Å². The SMILES string of the molecule is c1ccc2c(c1)Oc1cccc3nc(-n4c5ccccc5c5c4ccc4c6ccccc6n(-c6ccc7ccc8ccccc8c7c6)c45)nc-2c13. The summed E-state index contributed by atoms with van der Waals surface area (Å²) in [4.78, 5) is 10.6. The quantitative estimate of drug-likeness (QED) is 0.175. The van der Waals surface area contributed by atoms with Crippen LogP contribution in [0.2, 0.25) is 0 Å². The second kappa shape index (κ2) is 9.80. The molecule has 0 fully saturated rings. The molecule has 11 aromatic rings. The lowest BCUT2D eigenvalue weighted by molar-refractivity contribution is 0.486. The van der Waals surface area contributed by atoms with Gasteiger partial charge in [-0.25, -0.2) is 9.97 Å². The summed E-state index contributed by atoms with van der Waals surface area (Å²) in [5, 5.41) is 10.7. The van der Waals surface area contributed by atoms with Crippen LogP contribution in [0, 0.1) is 0 Å². The van der Waals surface area contributed by atoms with Crippen LogP contribution in [0.3, 0.4) is 0 Å². The Morgan fingerprint density at radius 2 is 1.14 bits per heavy atom. The van der Waals surface area contributed by atoms with Crippen molar-refractivity contribution in [2.24, 2.45) is 0 Å². The van der Waals surface area contributed by atoms with Gasteiger partial charge in [-0.1, -0.05) is 103 Å². The summed E-state index contributed by atoms with van der Waals surface area (Å²) in [7, 11) is 0. The van der Waals surface area contributed by atoms with Gasteiger partial charge in [0.15, 0.2) is 0 Å². The second-order valence-corrected chi connectivity index (χ2v) is 13.4. The van der Waals surface area contributed by atoms with E-state index in [2.05, 4.69) is 137 Å². The maximum absolute atomic E-state index is 6.31. The molecular weight excluding hydrogens is 625 g/mol. The fourth-order valence-electron chi connectivity index (χ4n) is 8.51. The highest BCUT2D eigenvalue weighted by atomic mass is 16.5. The predicted octanol–water partition coefficient (Wildman–Crippen LogP) is 11.9. The Hall–Kier alpha value is -6.98. The zero-order valence-corrected chi connectivity index (χ0v) is 27.2. The molecule has 0 spiro atoms.